The van der Waals surface area contributed by atoms with Gasteiger partial charge in [0.25, 0.3) is 0 Å². The minimum Gasteiger partial charge on any atom is -0.350 e. The zero-order chi connectivity index (χ0) is 20.1. The summed E-state index contributed by atoms with van der Waals surface area (Å²) in [5.41, 5.74) is 4.53. The molecule has 0 bridgehead atoms. The first-order valence-corrected chi connectivity index (χ1v) is 10.5. The van der Waals surface area contributed by atoms with Gasteiger partial charge in [-0.25, -0.2) is 4.98 Å². The Balaban J connectivity index is 1.42. The van der Waals surface area contributed by atoms with Gasteiger partial charge in [0.15, 0.2) is 0 Å². The molecule has 3 aromatic heterocycles. The van der Waals surface area contributed by atoms with Gasteiger partial charge in [-0.2, -0.15) is 0 Å². The van der Waals surface area contributed by atoms with Gasteiger partial charge in [0.2, 0.25) is 5.91 Å². The number of benzene rings is 1. The quantitative estimate of drug-likeness (QED) is 0.467. The monoisotopic (exact) mass is 402 g/mol. The molecular formula is C23H22N4OS. The van der Waals surface area contributed by atoms with E-state index in [1.807, 2.05) is 41.2 Å². The Morgan fingerprint density at radius 3 is 2.72 bits per heavy atom. The Hall–Kier alpha value is -3.12. The molecule has 29 heavy (non-hydrogen) atoms. The van der Waals surface area contributed by atoms with Crippen molar-refractivity contribution < 1.29 is 4.79 Å². The Morgan fingerprint density at radius 1 is 1.07 bits per heavy atom. The molecule has 1 amide bonds. The number of rotatable bonds is 7. The predicted octanol–water partition coefficient (Wildman–Crippen LogP) is 4.35. The number of aryl methyl sites for hydroxylation is 1. The number of thioether (sulfide) groups is 1. The molecule has 0 fully saturated rings. The van der Waals surface area contributed by atoms with E-state index >= 15 is 0 Å². The number of nitrogens with one attached hydrogen (secondary N) is 1. The third-order valence-corrected chi connectivity index (χ3v) is 5.76. The van der Waals surface area contributed by atoms with E-state index < -0.39 is 0 Å². The van der Waals surface area contributed by atoms with E-state index in [1.165, 1.54) is 11.1 Å². The maximum absolute atomic E-state index is 12.4. The van der Waals surface area contributed by atoms with E-state index in [0.29, 0.717) is 6.54 Å². The summed E-state index contributed by atoms with van der Waals surface area (Å²) < 4.78 is 1.96. The van der Waals surface area contributed by atoms with Crippen LogP contribution in [0, 0.1) is 6.92 Å². The second-order valence-electron chi connectivity index (χ2n) is 6.90. The van der Waals surface area contributed by atoms with Crippen molar-refractivity contribution >= 4 is 28.6 Å². The molecule has 5 nitrogen and oxygen atoms in total. The number of fused-ring (bicyclic) bond motifs is 1. The van der Waals surface area contributed by atoms with Gasteiger partial charge in [-0.3, -0.25) is 9.78 Å². The van der Waals surface area contributed by atoms with Crippen molar-refractivity contribution in [1.29, 1.82) is 0 Å². The summed E-state index contributed by atoms with van der Waals surface area (Å²) in [5.74, 6) is 0.834. The highest BCUT2D eigenvalue weighted by Gasteiger charge is 2.10. The summed E-state index contributed by atoms with van der Waals surface area (Å²) in [6, 6.07) is 16.4. The highest BCUT2D eigenvalue weighted by atomic mass is 32.2. The minimum absolute atomic E-state index is 0.0305. The summed E-state index contributed by atoms with van der Waals surface area (Å²) in [6.07, 6.45) is 7.24. The van der Waals surface area contributed by atoms with Gasteiger partial charge in [0.05, 0.1) is 5.52 Å². The average Bonchev–Trinajstić information content (AvgIpc) is 3.16. The average molecular weight is 403 g/mol. The molecule has 1 N–H and O–H groups in total. The van der Waals surface area contributed by atoms with Crippen molar-refractivity contribution in [3.05, 3.63) is 90.0 Å². The van der Waals surface area contributed by atoms with Crippen molar-refractivity contribution in [3.63, 3.8) is 0 Å². The van der Waals surface area contributed by atoms with Crippen molar-refractivity contribution in [1.82, 2.24) is 19.9 Å². The summed E-state index contributed by atoms with van der Waals surface area (Å²) in [7, 11) is 0. The zero-order valence-electron chi connectivity index (χ0n) is 16.2. The fraction of sp³-hybridized carbons (Fsp3) is 0.174. The molecule has 0 spiro atoms. The number of carbonyl (C=O) groups is 1. The van der Waals surface area contributed by atoms with Crippen LogP contribution in [-0.2, 0) is 23.6 Å². The van der Waals surface area contributed by atoms with Crippen LogP contribution in [0.15, 0.2) is 78.3 Å². The van der Waals surface area contributed by atoms with Crippen molar-refractivity contribution in [3.8, 4) is 0 Å². The van der Waals surface area contributed by atoms with Crippen LogP contribution in [0.1, 0.15) is 16.7 Å². The predicted molar refractivity (Wildman–Crippen MR) is 117 cm³/mol. The van der Waals surface area contributed by atoms with Crippen LogP contribution in [0.2, 0.25) is 0 Å². The van der Waals surface area contributed by atoms with Crippen LogP contribution in [-0.4, -0.2) is 20.4 Å². The molecule has 0 unspecified atom stereocenters. The number of hydrogen-bond acceptors (Lipinski definition) is 4. The molecule has 6 heteroatoms. The summed E-state index contributed by atoms with van der Waals surface area (Å²) in [6.45, 7) is 2.84. The molecule has 4 aromatic rings. The molecule has 0 saturated heterocycles. The lowest BCUT2D eigenvalue weighted by Gasteiger charge is -2.08. The van der Waals surface area contributed by atoms with Gasteiger partial charge in [-0.15, -0.1) is 11.8 Å². The van der Waals surface area contributed by atoms with Gasteiger partial charge < -0.3 is 9.88 Å². The first-order chi connectivity index (χ1) is 14.2. The topological polar surface area (TPSA) is 59.8 Å². The standard InChI is InChI=1S/C23H22N4OS/c1-17-4-6-18(7-5-17)16-29-23-20-9-12-27(21(20)8-11-25-23)15-22(28)26-14-19-3-2-10-24-13-19/h2-13H,14-16H2,1H3,(H,26,28). The van der Waals surface area contributed by atoms with E-state index in [4.69, 9.17) is 0 Å². The maximum atomic E-state index is 12.4. The van der Waals surface area contributed by atoms with E-state index in [2.05, 4.69) is 46.5 Å². The molecule has 0 aliphatic carbocycles. The first kappa shape index (κ1) is 19.2. The second-order valence-corrected chi connectivity index (χ2v) is 7.87. The summed E-state index contributed by atoms with van der Waals surface area (Å²) in [5, 5.41) is 5.00. The van der Waals surface area contributed by atoms with Crippen molar-refractivity contribution in [2.45, 2.75) is 30.8 Å². The number of nitrogens with zero attached hydrogens (tertiary/aromatic N) is 3. The third kappa shape index (κ3) is 4.84. The van der Waals surface area contributed by atoms with Crippen LogP contribution in [0.25, 0.3) is 10.9 Å². The number of aromatic nitrogens is 3. The van der Waals surface area contributed by atoms with Gasteiger partial charge in [-0.05, 0) is 36.2 Å². The zero-order valence-corrected chi connectivity index (χ0v) is 17.0. The lowest BCUT2D eigenvalue weighted by Crippen LogP contribution is -2.26. The summed E-state index contributed by atoms with van der Waals surface area (Å²) >= 11 is 1.72. The van der Waals surface area contributed by atoms with Gasteiger partial charge in [0.1, 0.15) is 11.6 Å². The number of hydrogen-bond donors (Lipinski definition) is 1. The van der Waals surface area contributed by atoms with E-state index in [0.717, 1.165) is 27.2 Å². The Bertz CT molecular complexity index is 1110. The van der Waals surface area contributed by atoms with E-state index in [1.54, 1.807) is 24.2 Å². The van der Waals surface area contributed by atoms with Crippen LogP contribution < -0.4 is 5.32 Å². The molecular weight excluding hydrogens is 380 g/mol. The highest BCUT2D eigenvalue weighted by Crippen LogP contribution is 2.29. The molecule has 1 aromatic carbocycles. The number of amides is 1. The minimum atomic E-state index is -0.0305. The Morgan fingerprint density at radius 2 is 1.93 bits per heavy atom. The fourth-order valence-corrected chi connectivity index (χ4v) is 4.06. The lowest BCUT2D eigenvalue weighted by molar-refractivity contribution is -0.121. The van der Waals surface area contributed by atoms with Gasteiger partial charge >= 0.3 is 0 Å². The Labute approximate surface area is 174 Å². The van der Waals surface area contributed by atoms with Gasteiger partial charge in [-0.1, -0.05) is 35.9 Å². The molecule has 146 valence electrons. The molecule has 0 aliphatic heterocycles. The van der Waals surface area contributed by atoms with Crippen LogP contribution in [0.3, 0.4) is 0 Å². The number of carbonyl (C=O) groups excluding carboxylic acids is 1. The van der Waals surface area contributed by atoms with Crippen molar-refractivity contribution in [2.24, 2.45) is 0 Å². The molecule has 0 radical (unpaired) electrons. The molecule has 4 rings (SSSR count). The highest BCUT2D eigenvalue weighted by molar-refractivity contribution is 7.98. The molecule has 0 atom stereocenters. The third-order valence-electron chi connectivity index (χ3n) is 4.68. The molecule has 0 saturated carbocycles. The van der Waals surface area contributed by atoms with E-state index in [-0.39, 0.29) is 12.5 Å². The second kappa shape index (κ2) is 8.92. The fourth-order valence-electron chi connectivity index (χ4n) is 3.10. The SMILES string of the molecule is Cc1ccc(CSc2nccc3c2ccn3CC(=O)NCc2cccnc2)cc1. The normalized spacial score (nSPS) is 10.9. The Kier molecular flexibility index (Phi) is 5.91. The number of pyridine rings is 2. The largest absolute Gasteiger partial charge is 0.350 e. The van der Waals surface area contributed by atoms with Crippen LogP contribution >= 0.6 is 11.8 Å². The smallest absolute Gasteiger partial charge is 0.240 e. The van der Waals surface area contributed by atoms with E-state index in [9.17, 15) is 4.79 Å². The molecule has 3 heterocycles. The van der Waals surface area contributed by atoms with Crippen molar-refractivity contribution in [2.75, 3.05) is 0 Å². The summed E-state index contributed by atoms with van der Waals surface area (Å²) in [4.78, 5) is 21.0. The first-order valence-electron chi connectivity index (χ1n) is 9.47. The van der Waals surface area contributed by atoms with Gasteiger partial charge in [0, 0.05) is 42.5 Å². The maximum Gasteiger partial charge on any atom is 0.240 e. The molecule has 0 aliphatic rings. The lowest BCUT2D eigenvalue weighted by atomic mass is 10.2. The van der Waals surface area contributed by atoms with Crippen LogP contribution in [0.5, 0.6) is 0 Å². The van der Waals surface area contributed by atoms with Crippen LogP contribution in [0.4, 0.5) is 0 Å².